The van der Waals surface area contributed by atoms with Crippen molar-refractivity contribution in [3.8, 4) is 5.75 Å². The van der Waals surface area contributed by atoms with Crippen molar-refractivity contribution < 1.29 is 9.53 Å². The van der Waals surface area contributed by atoms with Gasteiger partial charge in [0.15, 0.2) is 5.78 Å². The smallest absolute Gasteiger partial charge is 0.159 e. The van der Waals surface area contributed by atoms with Crippen LogP contribution in [0.15, 0.2) is 24.3 Å². The quantitative estimate of drug-likeness (QED) is 0.610. The highest BCUT2D eigenvalue weighted by molar-refractivity contribution is 9.09. The average molecular weight is 297 g/mol. The van der Waals surface area contributed by atoms with Crippen molar-refractivity contribution in [1.82, 2.24) is 0 Å². The minimum atomic E-state index is 0.0781. The number of hydrogen-bond acceptors (Lipinski definition) is 2. The first-order chi connectivity index (χ1) is 8.15. The molecule has 0 spiro atoms. The summed E-state index contributed by atoms with van der Waals surface area (Å²) in [5, 5.41) is 0.992. The molecular weight excluding hydrogens is 280 g/mol. The van der Waals surface area contributed by atoms with Crippen LogP contribution < -0.4 is 4.74 Å². The molecule has 17 heavy (non-hydrogen) atoms. The van der Waals surface area contributed by atoms with Crippen LogP contribution in [0.3, 0.4) is 0 Å². The second-order valence-corrected chi connectivity index (χ2v) is 5.42. The number of Topliss-reactive ketones (excluding diaryl/α,β-unsaturated/α-hetero) is 1. The second kappa shape index (κ2) is 5.21. The molecular formula is C14H17BrO2. The van der Waals surface area contributed by atoms with Gasteiger partial charge in [0, 0.05) is 16.3 Å². The zero-order chi connectivity index (χ0) is 12.3. The Labute approximate surface area is 110 Å². The molecule has 92 valence electrons. The maximum atomic E-state index is 11.3. The van der Waals surface area contributed by atoms with Crippen molar-refractivity contribution >= 4 is 21.7 Å². The Morgan fingerprint density at radius 3 is 2.76 bits per heavy atom. The van der Waals surface area contributed by atoms with Gasteiger partial charge in [-0.1, -0.05) is 34.5 Å². The van der Waals surface area contributed by atoms with Crippen molar-refractivity contribution in [2.24, 2.45) is 5.41 Å². The van der Waals surface area contributed by atoms with Crippen molar-refractivity contribution in [2.75, 3.05) is 11.9 Å². The average Bonchev–Trinajstić information content (AvgIpc) is 2.28. The first-order valence-corrected chi connectivity index (χ1v) is 7.07. The Morgan fingerprint density at radius 2 is 2.24 bits per heavy atom. The van der Waals surface area contributed by atoms with Gasteiger partial charge in [0.2, 0.25) is 0 Å². The summed E-state index contributed by atoms with van der Waals surface area (Å²) in [5.41, 5.74) is 1.02. The molecule has 0 amide bonds. The van der Waals surface area contributed by atoms with Crippen LogP contribution in [0.4, 0.5) is 0 Å². The highest BCUT2D eigenvalue weighted by Gasteiger charge is 2.36. The third-order valence-corrected chi connectivity index (χ3v) is 4.67. The first kappa shape index (κ1) is 12.6. The molecule has 1 aliphatic carbocycles. The molecule has 3 heteroatoms. The number of rotatable bonds is 5. The van der Waals surface area contributed by atoms with Gasteiger partial charge >= 0.3 is 0 Å². The van der Waals surface area contributed by atoms with Gasteiger partial charge in [-0.25, -0.2) is 0 Å². The van der Waals surface area contributed by atoms with Crippen molar-refractivity contribution in [2.45, 2.75) is 26.2 Å². The highest BCUT2D eigenvalue weighted by atomic mass is 79.9. The third kappa shape index (κ3) is 2.89. The lowest BCUT2D eigenvalue weighted by Gasteiger charge is -2.39. The molecule has 1 saturated carbocycles. The molecule has 0 aromatic heterocycles. The molecule has 0 N–H and O–H groups in total. The number of halogens is 1. The molecule has 0 radical (unpaired) electrons. The van der Waals surface area contributed by atoms with Crippen LogP contribution in [-0.4, -0.2) is 17.7 Å². The zero-order valence-electron chi connectivity index (χ0n) is 10.0. The molecule has 0 heterocycles. The zero-order valence-corrected chi connectivity index (χ0v) is 11.6. The largest absolute Gasteiger partial charge is 0.493 e. The van der Waals surface area contributed by atoms with E-state index in [0.29, 0.717) is 11.0 Å². The molecule has 0 atom stereocenters. The minimum Gasteiger partial charge on any atom is -0.493 e. The van der Waals surface area contributed by atoms with E-state index in [2.05, 4.69) is 15.9 Å². The van der Waals surface area contributed by atoms with E-state index in [1.807, 2.05) is 24.3 Å². The number of ketones is 1. The van der Waals surface area contributed by atoms with Crippen LogP contribution in [0, 0.1) is 5.41 Å². The summed E-state index contributed by atoms with van der Waals surface area (Å²) in [6.07, 6.45) is 3.75. The summed E-state index contributed by atoms with van der Waals surface area (Å²) in [7, 11) is 0. The van der Waals surface area contributed by atoms with Crippen molar-refractivity contribution in [1.29, 1.82) is 0 Å². The molecule has 0 unspecified atom stereocenters. The van der Waals surface area contributed by atoms with Gasteiger partial charge < -0.3 is 4.74 Å². The third-order valence-electron chi connectivity index (χ3n) is 3.48. The number of carbonyl (C=O) groups is 1. The predicted octanol–water partition coefficient (Wildman–Crippen LogP) is 3.83. The maximum absolute atomic E-state index is 11.3. The van der Waals surface area contributed by atoms with E-state index < -0.39 is 0 Å². The van der Waals surface area contributed by atoms with Crippen molar-refractivity contribution in [3.05, 3.63) is 29.8 Å². The maximum Gasteiger partial charge on any atom is 0.159 e. The number of hydrogen-bond donors (Lipinski definition) is 0. The van der Waals surface area contributed by atoms with Crippen LogP contribution >= 0.6 is 15.9 Å². The summed E-state index contributed by atoms with van der Waals surface area (Å²) >= 11 is 3.56. The Morgan fingerprint density at radius 1 is 1.47 bits per heavy atom. The number of benzene rings is 1. The molecule has 0 bridgehead atoms. The summed E-state index contributed by atoms with van der Waals surface area (Å²) in [6.45, 7) is 2.31. The monoisotopic (exact) mass is 296 g/mol. The van der Waals surface area contributed by atoms with Crippen LogP contribution in [0.2, 0.25) is 0 Å². The van der Waals surface area contributed by atoms with E-state index in [1.54, 1.807) is 6.92 Å². The fraction of sp³-hybridized carbons (Fsp3) is 0.500. The number of carbonyl (C=O) groups excluding carboxylic acids is 1. The summed E-state index contributed by atoms with van der Waals surface area (Å²) < 4.78 is 5.81. The molecule has 1 fully saturated rings. The lowest BCUT2D eigenvalue weighted by atomic mass is 9.71. The molecule has 0 aliphatic heterocycles. The Bertz CT molecular complexity index is 405. The van der Waals surface area contributed by atoms with Gasteiger partial charge in [-0.3, -0.25) is 4.79 Å². The molecule has 0 saturated heterocycles. The fourth-order valence-corrected chi connectivity index (χ4v) is 2.76. The minimum absolute atomic E-state index is 0.0781. The van der Waals surface area contributed by atoms with E-state index in [-0.39, 0.29) is 5.78 Å². The van der Waals surface area contributed by atoms with Gasteiger partial charge in [0.25, 0.3) is 0 Å². The second-order valence-electron chi connectivity index (χ2n) is 4.86. The Kier molecular flexibility index (Phi) is 3.87. The van der Waals surface area contributed by atoms with E-state index >= 15 is 0 Å². The van der Waals surface area contributed by atoms with Gasteiger partial charge in [0.05, 0.1) is 6.61 Å². The van der Waals surface area contributed by atoms with Crippen LogP contribution in [-0.2, 0) is 0 Å². The van der Waals surface area contributed by atoms with E-state index in [1.165, 1.54) is 19.3 Å². The van der Waals surface area contributed by atoms with E-state index in [9.17, 15) is 4.79 Å². The van der Waals surface area contributed by atoms with Crippen LogP contribution in [0.5, 0.6) is 5.75 Å². The predicted molar refractivity (Wildman–Crippen MR) is 72.0 cm³/mol. The normalized spacial score (nSPS) is 17.3. The van der Waals surface area contributed by atoms with Crippen LogP contribution in [0.1, 0.15) is 36.5 Å². The summed E-state index contributed by atoms with van der Waals surface area (Å²) in [6, 6.07) is 7.42. The molecule has 1 aromatic carbocycles. The van der Waals surface area contributed by atoms with Gasteiger partial charge in [-0.2, -0.15) is 0 Å². The number of ether oxygens (including phenoxy) is 1. The summed E-state index contributed by atoms with van der Waals surface area (Å²) in [4.78, 5) is 11.3. The molecule has 1 aromatic rings. The Balaban J connectivity index is 1.99. The van der Waals surface area contributed by atoms with Gasteiger partial charge in [-0.05, 0) is 31.9 Å². The fourth-order valence-electron chi connectivity index (χ4n) is 2.03. The topological polar surface area (TPSA) is 26.3 Å². The molecule has 2 rings (SSSR count). The van der Waals surface area contributed by atoms with Crippen molar-refractivity contribution in [3.63, 3.8) is 0 Å². The standard InChI is InChI=1S/C14H17BrO2/c1-11(16)12-4-2-5-13(8-12)17-10-14(9-15)6-3-7-14/h2,4-5,8H,3,6-7,9-10H2,1H3. The molecule has 2 nitrogen and oxygen atoms in total. The first-order valence-electron chi connectivity index (χ1n) is 5.95. The molecule has 1 aliphatic rings. The van der Waals surface area contributed by atoms with Crippen LogP contribution in [0.25, 0.3) is 0 Å². The van der Waals surface area contributed by atoms with Gasteiger partial charge in [-0.15, -0.1) is 0 Å². The van der Waals surface area contributed by atoms with E-state index in [0.717, 1.165) is 17.7 Å². The SMILES string of the molecule is CC(=O)c1cccc(OCC2(CBr)CCC2)c1. The lowest BCUT2D eigenvalue weighted by molar-refractivity contribution is 0.0837. The van der Waals surface area contributed by atoms with Gasteiger partial charge in [0.1, 0.15) is 5.75 Å². The van der Waals surface area contributed by atoms with E-state index in [4.69, 9.17) is 4.74 Å². The number of alkyl halides is 1. The Hall–Kier alpha value is -0.830. The highest BCUT2D eigenvalue weighted by Crippen LogP contribution is 2.42. The summed E-state index contributed by atoms with van der Waals surface area (Å²) in [5.74, 6) is 0.874. The lowest BCUT2D eigenvalue weighted by Crippen LogP contribution is -2.37.